The maximum atomic E-state index is 13.2. The Morgan fingerprint density at radius 1 is 1.00 bits per heavy atom. The van der Waals surface area contributed by atoms with E-state index in [9.17, 15) is 19.5 Å². The summed E-state index contributed by atoms with van der Waals surface area (Å²) in [6.07, 6.45) is 4.57. The maximum Gasteiger partial charge on any atom is 0.407 e. The second-order valence-electron chi connectivity index (χ2n) is 10.0. The van der Waals surface area contributed by atoms with Crippen molar-refractivity contribution in [2.45, 2.75) is 56.1 Å². The smallest absolute Gasteiger partial charge is 0.407 e. The van der Waals surface area contributed by atoms with Crippen molar-refractivity contribution in [2.24, 2.45) is 5.92 Å². The highest BCUT2D eigenvalue weighted by Gasteiger charge is 2.52. The number of benzene rings is 2. The molecule has 2 N–H and O–H groups in total. The molecule has 7 heteroatoms. The molecule has 4 atom stereocenters. The average molecular weight is 473 g/mol. The largest absolute Gasteiger partial charge is 0.481 e. The van der Waals surface area contributed by atoms with Gasteiger partial charge in [0.05, 0.1) is 5.92 Å². The Hall–Kier alpha value is -3.61. The monoisotopic (exact) mass is 472 g/mol. The van der Waals surface area contributed by atoms with E-state index in [2.05, 4.69) is 29.6 Å². The molecule has 2 bridgehead atoms. The number of amides is 2. The van der Waals surface area contributed by atoms with Crippen molar-refractivity contribution >= 4 is 18.0 Å². The number of nitrogens with one attached hydrogen (secondary N) is 1. The zero-order valence-electron chi connectivity index (χ0n) is 19.4. The van der Waals surface area contributed by atoms with Crippen molar-refractivity contribution in [3.8, 4) is 11.1 Å². The van der Waals surface area contributed by atoms with Crippen LogP contribution in [-0.4, -0.2) is 52.7 Å². The van der Waals surface area contributed by atoms with Crippen LogP contribution < -0.4 is 5.32 Å². The normalized spacial score (nSPS) is 26.3. The van der Waals surface area contributed by atoms with Gasteiger partial charge in [-0.2, -0.15) is 0 Å². The summed E-state index contributed by atoms with van der Waals surface area (Å²) in [5, 5.41) is 12.4. The molecule has 2 aromatic rings. The number of carboxylic acids is 1. The number of ether oxygens (including phenoxy) is 1. The van der Waals surface area contributed by atoms with Gasteiger partial charge in [-0.25, -0.2) is 4.79 Å². The Balaban J connectivity index is 1.05. The quantitative estimate of drug-likeness (QED) is 0.684. The van der Waals surface area contributed by atoms with E-state index in [4.69, 9.17) is 4.74 Å². The third-order valence-corrected chi connectivity index (χ3v) is 8.14. The predicted octanol–water partition coefficient (Wildman–Crippen LogP) is 4.08. The van der Waals surface area contributed by atoms with E-state index in [0.717, 1.165) is 24.0 Å². The first-order chi connectivity index (χ1) is 17.0. The fourth-order valence-electron chi connectivity index (χ4n) is 6.54. The van der Waals surface area contributed by atoms with Gasteiger partial charge in [0.25, 0.3) is 0 Å². The lowest BCUT2D eigenvalue weighted by atomic mass is 9.89. The third kappa shape index (κ3) is 3.70. The van der Waals surface area contributed by atoms with Crippen LogP contribution in [0.5, 0.6) is 0 Å². The topological polar surface area (TPSA) is 95.9 Å². The van der Waals surface area contributed by atoms with Gasteiger partial charge in [-0.1, -0.05) is 54.6 Å². The molecule has 2 fully saturated rings. The molecule has 0 saturated carbocycles. The van der Waals surface area contributed by atoms with Crippen LogP contribution in [0.3, 0.4) is 0 Å². The minimum atomic E-state index is -0.815. The lowest BCUT2D eigenvalue weighted by Gasteiger charge is -2.24. The molecule has 35 heavy (non-hydrogen) atoms. The second kappa shape index (κ2) is 8.56. The van der Waals surface area contributed by atoms with E-state index in [0.29, 0.717) is 24.8 Å². The Morgan fingerprint density at radius 2 is 1.69 bits per heavy atom. The molecule has 2 saturated heterocycles. The van der Waals surface area contributed by atoms with Crippen LogP contribution in [0.4, 0.5) is 4.79 Å². The highest BCUT2D eigenvalue weighted by molar-refractivity contribution is 5.95. The zero-order valence-corrected chi connectivity index (χ0v) is 19.4. The van der Waals surface area contributed by atoms with Gasteiger partial charge in [0, 0.05) is 29.6 Å². The molecular formula is C28H28N2O5. The van der Waals surface area contributed by atoms with E-state index >= 15 is 0 Å². The molecule has 6 rings (SSSR count). The van der Waals surface area contributed by atoms with E-state index in [-0.39, 0.29) is 36.6 Å². The summed E-state index contributed by atoms with van der Waals surface area (Å²) in [6.45, 7) is 0.250. The number of alkyl carbamates (subject to hydrolysis) is 1. The van der Waals surface area contributed by atoms with Gasteiger partial charge in [-0.05, 0) is 54.4 Å². The van der Waals surface area contributed by atoms with Crippen LogP contribution in [0.1, 0.15) is 49.1 Å². The van der Waals surface area contributed by atoms with E-state index < -0.39 is 18.0 Å². The number of hydrogen-bond acceptors (Lipinski definition) is 4. The lowest BCUT2D eigenvalue weighted by molar-refractivity contribution is -0.143. The van der Waals surface area contributed by atoms with E-state index in [1.165, 1.54) is 11.1 Å². The summed E-state index contributed by atoms with van der Waals surface area (Å²) in [5.41, 5.74) is 5.35. The van der Waals surface area contributed by atoms with Gasteiger partial charge >= 0.3 is 12.1 Å². The number of aliphatic carboxylic acids is 1. The molecule has 4 aliphatic rings. The van der Waals surface area contributed by atoms with Crippen molar-refractivity contribution in [3.63, 3.8) is 0 Å². The van der Waals surface area contributed by atoms with Gasteiger partial charge in [-0.3, -0.25) is 9.59 Å². The molecule has 2 amide bonds. The minimum Gasteiger partial charge on any atom is -0.481 e. The van der Waals surface area contributed by atoms with Crippen LogP contribution in [0.15, 0.2) is 60.2 Å². The Morgan fingerprint density at radius 3 is 2.34 bits per heavy atom. The number of carboxylic acid groups (broad SMARTS) is 1. The van der Waals surface area contributed by atoms with Crippen LogP contribution in [0.25, 0.3) is 11.1 Å². The van der Waals surface area contributed by atoms with Crippen LogP contribution in [0.2, 0.25) is 0 Å². The second-order valence-corrected chi connectivity index (χ2v) is 10.0. The lowest BCUT2D eigenvalue weighted by Crippen LogP contribution is -2.39. The van der Waals surface area contributed by atoms with Crippen molar-refractivity contribution in [2.75, 3.05) is 6.61 Å². The van der Waals surface area contributed by atoms with Crippen LogP contribution in [0, 0.1) is 5.92 Å². The van der Waals surface area contributed by atoms with Gasteiger partial charge < -0.3 is 20.1 Å². The standard InChI is InChI=1S/C28H28N2O5/c31-26(30-18-11-12-25(30)23(14-18)27(32)33)16-9-10-17(13-16)29-28(34)35-15-24-21-7-3-1-5-19(21)20-6-2-4-8-22(20)24/h1-9,17-18,23-25H,10-15H2,(H,29,34)(H,32,33)/t17?,18-,23+,25+/m1/s1. The highest BCUT2D eigenvalue weighted by Crippen LogP contribution is 2.45. The number of nitrogens with zero attached hydrogens (tertiary/aromatic N) is 1. The number of carbonyl (C=O) groups is 3. The summed E-state index contributed by atoms with van der Waals surface area (Å²) < 4.78 is 5.65. The van der Waals surface area contributed by atoms with Gasteiger partial charge in [0.1, 0.15) is 6.61 Å². The van der Waals surface area contributed by atoms with E-state index in [1.54, 1.807) is 4.90 Å². The van der Waals surface area contributed by atoms with Crippen LogP contribution >= 0.6 is 0 Å². The van der Waals surface area contributed by atoms with Crippen LogP contribution in [-0.2, 0) is 14.3 Å². The summed E-state index contributed by atoms with van der Waals surface area (Å²) in [6, 6.07) is 16.0. The molecule has 180 valence electrons. The van der Waals surface area contributed by atoms with Crippen molar-refractivity contribution < 1.29 is 24.2 Å². The first kappa shape index (κ1) is 21.9. The fourth-order valence-corrected chi connectivity index (χ4v) is 6.54. The van der Waals surface area contributed by atoms with Gasteiger partial charge in [0.2, 0.25) is 5.91 Å². The van der Waals surface area contributed by atoms with Crippen molar-refractivity contribution in [3.05, 3.63) is 71.3 Å². The third-order valence-electron chi connectivity index (χ3n) is 8.14. The Labute approximate surface area is 203 Å². The van der Waals surface area contributed by atoms with Gasteiger partial charge in [-0.15, -0.1) is 0 Å². The Bertz CT molecular complexity index is 1190. The Kier molecular flexibility index (Phi) is 5.35. The van der Waals surface area contributed by atoms with Crippen molar-refractivity contribution in [1.82, 2.24) is 10.2 Å². The zero-order chi connectivity index (χ0) is 24.1. The molecule has 2 aliphatic heterocycles. The molecule has 2 aliphatic carbocycles. The first-order valence-corrected chi connectivity index (χ1v) is 12.4. The summed E-state index contributed by atoms with van der Waals surface area (Å²) in [4.78, 5) is 39.1. The molecule has 0 radical (unpaired) electrons. The fraction of sp³-hybridized carbons (Fsp3) is 0.393. The molecule has 2 heterocycles. The number of hydrogen-bond donors (Lipinski definition) is 2. The predicted molar refractivity (Wildman–Crippen MR) is 129 cm³/mol. The first-order valence-electron chi connectivity index (χ1n) is 12.4. The highest BCUT2D eigenvalue weighted by atomic mass is 16.5. The average Bonchev–Trinajstić information content (AvgIpc) is 3.64. The summed E-state index contributed by atoms with van der Waals surface area (Å²) in [5.74, 6) is -1.35. The molecule has 2 aromatic carbocycles. The minimum absolute atomic E-state index is 0.000172. The molecule has 0 spiro atoms. The molecule has 0 aromatic heterocycles. The summed E-state index contributed by atoms with van der Waals surface area (Å²) >= 11 is 0. The SMILES string of the molecule is O=C(NC1CC=C(C(=O)N2[C@@H]3CC[C@H]2[C@@H](C(=O)O)C3)C1)OCC1c2ccccc2-c2ccccc21. The number of fused-ring (bicyclic) bond motifs is 5. The van der Waals surface area contributed by atoms with Crippen molar-refractivity contribution in [1.29, 1.82) is 0 Å². The number of carbonyl (C=O) groups excluding carboxylic acids is 2. The molecular weight excluding hydrogens is 444 g/mol. The van der Waals surface area contributed by atoms with E-state index in [1.807, 2.05) is 30.3 Å². The number of rotatable bonds is 5. The summed E-state index contributed by atoms with van der Waals surface area (Å²) in [7, 11) is 0. The molecule has 7 nitrogen and oxygen atoms in total. The van der Waals surface area contributed by atoms with Gasteiger partial charge in [0.15, 0.2) is 0 Å². The molecule has 1 unspecified atom stereocenters. The maximum absolute atomic E-state index is 13.2.